The van der Waals surface area contributed by atoms with Gasteiger partial charge in [-0.25, -0.2) is 9.97 Å². The van der Waals surface area contributed by atoms with Crippen molar-refractivity contribution in [1.29, 1.82) is 0 Å². The number of rotatable bonds is 4. The van der Waals surface area contributed by atoms with Gasteiger partial charge >= 0.3 is 0 Å². The third-order valence-electron chi connectivity index (χ3n) is 3.20. The third-order valence-corrected chi connectivity index (χ3v) is 3.20. The second-order valence-electron chi connectivity index (χ2n) is 4.63. The van der Waals surface area contributed by atoms with Crippen molar-refractivity contribution in [2.45, 2.75) is 26.7 Å². The highest BCUT2D eigenvalue weighted by Gasteiger charge is 2.09. The number of aromatic hydroxyl groups is 1. The minimum Gasteiger partial charge on any atom is -0.508 e. The Kier molecular flexibility index (Phi) is 4.12. The Labute approximate surface area is 113 Å². The number of benzene rings is 1. The Morgan fingerprint density at radius 3 is 2.32 bits per heavy atom. The predicted molar refractivity (Wildman–Crippen MR) is 75.2 cm³/mol. The van der Waals surface area contributed by atoms with Gasteiger partial charge in [0.05, 0.1) is 0 Å². The first-order valence-electron chi connectivity index (χ1n) is 6.41. The number of phenols is 1. The number of nitrogens with zero attached hydrogens (tertiary/aromatic N) is 2. The highest BCUT2D eigenvalue weighted by atomic mass is 16.3. The molecule has 2 rings (SSSR count). The molecule has 4 heteroatoms. The summed E-state index contributed by atoms with van der Waals surface area (Å²) in [6.45, 7) is 4.56. The Morgan fingerprint density at radius 2 is 1.74 bits per heavy atom. The van der Waals surface area contributed by atoms with Gasteiger partial charge < -0.3 is 10.8 Å². The van der Waals surface area contributed by atoms with Crippen LogP contribution in [-0.2, 0) is 12.8 Å². The number of hydrogen-bond acceptors (Lipinski definition) is 4. The Morgan fingerprint density at radius 1 is 1.11 bits per heavy atom. The molecular formula is C15H19N3O. The molecule has 0 bridgehead atoms. The molecule has 0 spiro atoms. The van der Waals surface area contributed by atoms with Gasteiger partial charge in [-0.15, -0.1) is 0 Å². The molecule has 0 saturated carbocycles. The lowest BCUT2D eigenvalue weighted by molar-refractivity contribution is 0.469. The highest BCUT2D eigenvalue weighted by molar-refractivity contribution is 5.34. The van der Waals surface area contributed by atoms with E-state index in [0.29, 0.717) is 13.0 Å². The summed E-state index contributed by atoms with van der Waals surface area (Å²) in [6.07, 6.45) is 1.34. The maximum absolute atomic E-state index is 9.78. The molecule has 1 aromatic heterocycles. The van der Waals surface area contributed by atoms with Gasteiger partial charge in [0.2, 0.25) is 0 Å². The van der Waals surface area contributed by atoms with Crippen molar-refractivity contribution in [2.75, 3.05) is 6.54 Å². The topological polar surface area (TPSA) is 72.0 Å². The highest BCUT2D eigenvalue weighted by Crippen LogP contribution is 2.19. The van der Waals surface area contributed by atoms with Gasteiger partial charge in [0, 0.05) is 23.4 Å². The fourth-order valence-electron chi connectivity index (χ4n) is 2.22. The molecule has 19 heavy (non-hydrogen) atoms. The van der Waals surface area contributed by atoms with Crippen LogP contribution in [0.15, 0.2) is 24.3 Å². The SMILES string of the molecule is Cc1nc(Cc2ccccc2O)nc(C)c1CCN. The van der Waals surface area contributed by atoms with E-state index < -0.39 is 0 Å². The zero-order valence-corrected chi connectivity index (χ0v) is 11.3. The monoisotopic (exact) mass is 257 g/mol. The lowest BCUT2D eigenvalue weighted by Crippen LogP contribution is -2.10. The van der Waals surface area contributed by atoms with Crippen LogP contribution in [-0.4, -0.2) is 21.6 Å². The Hall–Kier alpha value is -1.94. The van der Waals surface area contributed by atoms with Crippen molar-refractivity contribution < 1.29 is 5.11 Å². The first kappa shape index (κ1) is 13.5. The minimum absolute atomic E-state index is 0.285. The van der Waals surface area contributed by atoms with Crippen LogP contribution >= 0.6 is 0 Å². The molecule has 3 N–H and O–H groups in total. The molecule has 0 fully saturated rings. The number of aromatic nitrogens is 2. The number of para-hydroxylation sites is 1. The number of hydrogen-bond donors (Lipinski definition) is 2. The molecule has 0 aliphatic heterocycles. The lowest BCUT2D eigenvalue weighted by atomic mass is 10.1. The van der Waals surface area contributed by atoms with E-state index in [1.165, 1.54) is 0 Å². The molecule has 2 aromatic rings. The summed E-state index contributed by atoms with van der Waals surface area (Å²) in [5.74, 6) is 1.02. The fraction of sp³-hybridized carbons (Fsp3) is 0.333. The summed E-state index contributed by atoms with van der Waals surface area (Å²) in [5, 5.41) is 9.78. The van der Waals surface area contributed by atoms with Crippen LogP contribution in [0.4, 0.5) is 0 Å². The summed E-state index contributed by atoms with van der Waals surface area (Å²) in [4.78, 5) is 9.02. The number of phenolic OH excluding ortho intramolecular Hbond substituents is 1. The van der Waals surface area contributed by atoms with Crippen LogP contribution in [0.25, 0.3) is 0 Å². The van der Waals surface area contributed by atoms with E-state index in [1.54, 1.807) is 12.1 Å². The first-order chi connectivity index (χ1) is 9.11. The second kappa shape index (κ2) is 5.80. The molecule has 0 unspecified atom stereocenters. The van der Waals surface area contributed by atoms with E-state index in [4.69, 9.17) is 5.73 Å². The van der Waals surface area contributed by atoms with Gasteiger partial charge in [-0.2, -0.15) is 0 Å². The minimum atomic E-state index is 0.285. The normalized spacial score (nSPS) is 10.7. The van der Waals surface area contributed by atoms with E-state index >= 15 is 0 Å². The fourth-order valence-corrected chi connectivity index (χ4v) is 2.22. The van der Waals surface area contributed by atoms with Gasteiger partial charge in [-0.1, -0.05) is 18.2 Å². The maximum atomic E-state index is 9.78. The van der Waals surface area contributed by atoms with E-state index in [1.807, 2.05) is 26.0 Å². The van der Waals surface area contributed by atoms with Crippen LogP contribution in [0, 0.1) is 13.8 Å². The van der Waals surface area contributed by atoms with Crippen LogP contribution < -0.4 is 5.73 Å². The Bertz CT molecular complexity index is 558. The van der Waals surface area contributed by atoms with Crippen LogP contribution in [0.2, 0.25) is 0 Å². The van der Waals surface area contributed by atoms with Crippen molar-refractivity contribution in [1.82, 2.24) is 9.97 Å². The molecule has 0 amide bonds. The average Bonchev–Trinajstić information content (AvgIpc) is 2.37. The predicted octanol–water partition coefficient (Wildman–Crippen LogP) is 1.89. The molecule has 0 aliphatic carbocycles. The second-order valence-corrected chi connectivity index (χ2v) is 4.63. The molecule has 1 aromatic carbocycles. The van der Waals surface area contributed by atoms with Crippen molar-refractivity contribution in [3.05, 3.63) is 52.6 Å². The van der Waals surface area contributed by atoms with Gasteiger partial charge in [-0.3, -0.25) is 0 Å². The van der Waals surface area contributed by atoms with Crippen molar-refractivity contribution in [3.63, 3.8) is 0 Å². The molecule has 0 radical (unpaired) electrons. The van der Waals surface area contributed by atoms with Crippen molar-refractivity contribution in [2.24, 2.45) is 5.73 Å². The zero-order valence-electron chi connectivity index (χ0n) is 11.3. The summed E-state index contributed by atoms with van der Waals surface area (Å²) in [6, 6.07) is 7.27. The van der Waals surface area contributed by atoms with Gasteiger partial charge in [0.1, 0.15) is 11.6 Å². The van der Waals surface area contributed by atoms with Gasteiger partial charge in [-0.05, 0) is 38.4 Å². The molecule has 4 nitrogen and oxygen atoms in total. The zero-order chi connectivity index (χ0) is 13.8. The average molecular weight is 257 g/mol. The first-order valence-corrected chi connectivity index (χ1v) is 6.41. The number of aryl methyl sites for hydroxylation is 2. The maximum Gasteiger partial charge on any atom is 0.133 e. The molecule has 0 saturated heterocycles. The largest absolute Gasteiger partial charge is 0.508 e. The summed E-state index contributed by atoms with van der Waals surface area (Å²) in [5.41, 5.74) is 9.51. The van der Waals surface area contributed by atoms with Gasteiger partial charge in [0.15, 0.2) is 0 Å². The smallest absolute Gasteiger partial charge is 0.133 e. The molecule has 100 valence electrons. The standard InChI is InChI=1S/C15H19N3O/c1-10-13(7-8-16)11(2)18-15(17-10)9-12-5-3-4-6-14(12)19/h3-6,19H,7-9,16H2,1-2H3. The summed E-state index contributed by atoms with van der Waals surface area (Å²) in [7, 11) is 0. The molecule has 0 aliphatic rings. The van der Waals surface area contributed by atoms with Crippen LogP contribution in [0.5, 0.6) is 5.75 Å². The van der Waals surface area contributed by atoms with Crippen LogP contribution in [0.3, 0.4) is 0 Å². The van der Waals surface area contributed by atoms with Crippen LogP contribution in [0.1, 0.15) is 28.3 Å². The summed E-state index contributed by atoms with van der Waals surface area (Å²) < 4.78 is 0. The molecular weight excluding hydrogens is 238 g/mol. The summed E-state index contributed by atoms with van der Waals surface area (Å²) >= 11 is 0. The van der Waals surface area contributed by atoms with E-state index in [-0.39, 0.29) is 5.75 Å². The quantitative estimate of drug-likeness (QED) is 0.877. The van der Waals surface area contributed by atoms with E-state index in [0.717, 1.165) is 34.8 Å². The molecule has 1 heterocycles. The van der Waals surface area contributed by atoms with Gasteiger partial charge in [0.25, 0.3) is 0 Å². The lowest BCUT2D eigenvalue weighted by Gasteiger charge is -2.10. The van der Waals surface area contributed by atoms with E-state index in [9.17, 15) is 5.11 Å². The third kappa shape index (κ3) is 3.09. The number of nitrogens with two attached hydrogens (primary N) is 1. The van der Waals surface area contributed by atoms with E-state index in [2.05, 4.69) is 9.97 Å². The Balaban J connectivity index is 2.30. The molecule has 0 atom stereocenters. The van der Waals surface area contributed by atoms with Crippen molar-refractivity contribution in [3.8, 4) is 5.75 Å². The van der Waals surface area contributed by atoms with Crippen molar-refractivity contribution >= 4 is 0 Å².